The van der Waals surface area contributed by atoms with Crippen LogP contribution in [0.4, 0.5) is 0 Å². The third-order valence-corrected chi connectivity index (χ3v) is 12.1. The number of hydrogen-bond donors (Lipinski definition) is 7. The molecule has 13 atom stereocenters. The second kappa shape index (κ2) is 13.1. The minimum absolute atomic E-state index is 0.0139. The summed E-state index contributed by atoms with van der Waals surface area (Å²) in [6.07, 6.45) is 5.63. The number of hydrogen-bond acceptors (Lipinski definition) is 7. The maximum atomic E-state index is 12.8. The summed E-state index contributed by atoms with van der Waals surface area (Å²) in [7, 11) is 0. The molecule has 0 amide bonds. The van der Waals surface area contributed by atoms with Crippen LogP contribution in [0.25, 0.3) is 0 Å². The van der Waals surface area contributed by atoms with Crippen LogP contribution < -0.4 is 21.3 Å². The van der Waals surface area contributed by atoms with Crippen molar-refractivity contribution >= 4 is 17.9 Å². The SMILES string of the molecule is C=CC1C2CC3NC(CC4NC(C(C(=O)O)=C4C)C(CC(=O)O)C4NC(CC(N2)C1C)[C@@H](C)[C@@H]4CCC(=O)O)C(CC)=C3C. The summed E-state index contributed by atoms with van der Waals surface area (Å²) in [6, 6.07) is -0.426. The Bertz CT molecular complexity index is 1230. The number of carbonyl (C=O) groups is 3. The molecule has 10 heteroatoms. The van der Waals surface area contributed by atoms with Gasteiger partial charge in [0.05, 0.1) is 12.0 Å². The number of nitrogens with one attached hydrogen (secondary N) is 4. The van der Waals surface area contributed by atoms with E-state index in [4.69, 9.17) is 0 Å². The normalized spacial score (nSPS) is 42.2. The van der Waals surface area contributed by atoms with Crippen molar-refractivity contribution in [3.8, 4) is 0 Å². The first-order chi connectivity index (χ1) is 20.9. The van der Waals surface area contributed by atoms with Crippen molar-refractivity contribution in [2.75, 3.05) is 0 Å². The molecule has 5 heterocycles. The molecule has 11 unspecified atom stereocenters. The van der Waals surface area contributed by atoms with Crippen molar-refractivity contribution in [3.05, 3.63) is 34.9 Å². The first kappa shape index (κ1) is 32.9. The first-order valence-corrected chi connectivity index (χ1v) is 16.6. The maximum absolute atomic E-state index is 12.8. The molecule has 44 heavy (non-hydrogen) atoms. The Morgan fingerprint density at radius 2 is 1.50 bits per heavy atom. The monoisotopic (exact) mass is 612 g/mol. The molecule has 0 radical (unpaired) electrons. The van der Waals surface area contributed by atoms with Crippen LogP contribution in [0.5, 0.6) is 0 Å². The zero-order chi connectivity index (χ0) is 32.0. The van der Waals surface area contributed by atoms with E-state index in [-0.39, 0.29) is 72.5 Å². The van der Waals surface area contributed by atoms with E-state index in [9.17, 15) is 29.7 Å². The van der Waals surface area contributed by atoms with Crippen LogP contribution in [0.2, 0.25) is 0 Å². The fourth-order valence-corrected chi connectivity index (χ4v) is 9.77. The molecule has 5 rings (SSSR count). The highest BCUT2D eigenvalue weighted by atomic mass is 16.4. The predicted octanol–water partition coefficient (Wildman–Crippen LogP) is 3.31. The zero-order valence-electron chi connectivity index (χ0n) is 26.8. The minimum Gasteiger partial charge on any atom is -0.481 e. The van der Waals surface area contributed by atoms with Gasteiger partial charge in [-0.15, -0.1) is 6.58 Å². The fraction of sp³-hybridized carbons (Fsp3) is 0.735. The van der Waals surface area contributed by atoms with Crippen molar-refractivity contribution < 1.29 is 29.7 Å². The van der Waals surface area contributed by atoms with Crippen LogP contribution in [0.15, 0.2) is 34.9 Å². The summed E-state index contributed by atoms with van der Waals surface area (Å²) in [4.78, 5) is 36.9. The maximum Gasteiger partial charge on any atom is 0.333 e. The first-order valence-electron chi connectivity index (χ1n) is 16.6. The van der Waals surface area contributed by atoms with Crippen molar-refractivity contribution in [3.63, 3.8) is 0 Å². The third kappa shape index (κ3) is 6.02. The standard InChI is InChI=1S/C34H52N4O6/c1-7-19-15(3)23-12-25-17(5)21(9-10-29(39)40)32(37-25)22(11-30(41)42)33-31(34(43)44)18(6)26(38-33)14-28-20(8-2)16(4)24(36-28)13-27(19)35-23/h7,15,17,19,21-28,32-33,35-38H,1,8-14H2,2-6H3,(H,39,40)(H,41,42)(H,43,44)/t15?,17-,19?,21-,22?,23?,24?,25?,26?,27?,28?,32?,33?/m0/s1. The highest BCUT2D eigenvalue weighted by molar-refractivity contribution is 5.90. The van der Waals surface area contributed by atoms with Crippen LogP contribution in [0.3, 0.4) is 0 Å². The topological polar surface area (TPSA) is 160 Å². The van der Waals surface area contributed by atoms with Gasteiger partial charge in [-0.3, -0.25) is 9.59 Å². The molecule has 244 valence electrons. The van der Waals surface area contributed by atoms with Gasteiger partial charge in [-0.05, 0) is 75.2 Å². The average molecular weight is 613 g/mol. The van der Waals surface area contributed by atoms with E-state index in [2.05, 4.69) is 61.6 Å². The van der Waals surface area contributed by atoms with Gasteiger partial charge in [0.15, 0.2) is 0 Å². The number of carboxylic acids is 3. The third-order valence-electron chi connectivity index (χ3n) is 12.1. The molecule has 7 N–H and O–H groups in total. The van der Waals surface area contributed by atoms with E-state index in [0.717, 1.165) is 24.8 Å². The Morgan fingerprint density at radius 1 is 0.818 bits per heavy atom. The van der Waals surface area contributed by atoms with E-state index in [1.807, 2.05) is 6.92 Å². The Labute approximate surface area is 261 Å². The lowest BCUT2D eigenvalue weighted by atomic mass is 9.74. The Morgan fingerprint density at radius 3 is 2.11 bits per heavy atom. The smallest absolute Gasteiger partial charge is 0.333 e. The highest BCUT2D eigenvalue weighted by Crippen LogP contribution is 2.44. The van der Waals surface area contributed by atoms with Crippen LogP contribution >= 0.6 is 0 Å². The summed E-state index contributed by atoms with van der Waals surface area (Å²) in [5.74, 6) is -2.81. The quantitative estimate of drug-likeness (QED) is 0.203. The molecule has 3 fully saturated rings. The van der Waals surface area contributed by atoms with Crippen molar-refractivity contribution in [1.29, 1.82) is 0 Å². The van der Waals surface area contributed by atoms with Gasteiger partial charge in [-0.25, -0.2) is 4.79 Å². The van der Waals surface area contributed by atoms with Crippen LogP contribution in [-0.2, 0) is 14.4 Å². The summed E-state index contributed by atoms with van der Waals surface area (Å²) in [5.41, 5.74) is 3.76. The number of carboxylic acid groups (broad SMARTS) is 3. The van der Waals surface area contributed by atoms with Gasteiger partial charge in [0.2, 0.25) is 0 Å². The largest absolute Gasteiger partial charge is 0.481 e. The van der Waals surface area contributed by atoms with Crippen LogP contribution in [0.1, 0.15) is 79.6 Å². The molecule has 8 bridgehead atoms. The second-order valence-corrected chi connectivity index (χ2v) is 14.2. The lowest BCUT2D eigenvalue weighted by Gasteiger charge is -2.34. The van der Waals surface area contributed by atoms with Crippen LogP contribution in [-0.4, -0.2) is 81.6 Å². The Kier molecular flexibility index (Phi) is 9.75. The highest BCUT2D eigenvalue weighted by Gasteiger charge is 2.52. The lowest BCUT2D eigenvalue weighted by molar-refractivity contribution is -0.140. The van der Waals surface area contributed by atoms with Crippen LogP contribution in [0, 0.1) is 29.6 Å². The number of rotatable bonds is 8. The van der Waals surface area contributed by atoms with E-state index in [1.165, 1.54) is 11.1 Å². The lowest BCUT2D eigenvalue weighted by Crippen LogP contribution is -2.51. The van der Waals surface area contributed by atoms with Gasteiger partial charge in [-0.2, -0.15) is 0 Å². The Hall–Kier alpha value is -2.53. The Balaban J connectivity index is 1.59. The summed E-state index contributed by atoms with van der Waals surface area (Å²) in [6.45, 7) is 14.9. The molecule has 0 spiro atoms. The summed E-state index contributed by atoms with van der Waals surface area (Å²) < 4.78 is 0. The van der Waals surface area contributed by atoms with Gasteiger partial charge >= 0.3 is 17.9 Å². The van der Waals surface area contributed by atoms with Crippen molar-refractivity contribution in [1.82, 2.24) is 21.3 Å². The molecular weight excluding hydrogens is 560 g/mol. The molecule has 0 aliphatic carbocycles. The average Bonchev–Trinajstić information content (AvgIpc) is 3.63. The molecule has 3 saturated heterocycles. The number of fused-ring (bicyclic) bond motifs is 8. The molecule has 0 saturated carbocycles. The van der Waals surface area contributed by atoms with Crippen molar-refractivity contribution in [2.45, 2.75) is 128 Å². The van der Waals surface area contributed by atoms with Gasteiger partial charge in [-0.1, -0.05) is 38.0 Å². The molecule has 5 aliphatic rings. The molecule has 0 aromatic rings. The molecule has 5 aliphatic heterocycles. The number of aliphatic carboxylic acids is 3. The summed E-state index contributed by atoms with van der Waals surface area (Å²) in [5, 5.41) is 45.5. The fourth-order valence-electron chi connectivity index (χ4n) is 9.77. The van der Waals surface area contributed by atoms with Gasteiger partial charge in [0, 0.05) is 60.7 Å². The predicted molar refractivity (Wildman–Crippen MR) is 168 cm³/mol. The van der Waals surface area contributed by atoms with E-state index < -0.39 is 29.9 Å². The summed E-state index contributed by atoms with van der Waals surface area (Å²) >= 11 is 0. The minimum atomic E-state index is -1.02. The molecule has 0 aromatic carbocycles. The second-order valence-electron chi connectivity index (χ2n) is 14.2. The molecule has 10 nitrogen and oxygen atoms in total. The van der Waals surface area contributed by atoms with Gasteiger partial charge < -0.3 is 36.6 Å². The van der Waals surface area contributed by atoms with E-state index >= 15 is 0 Å². The van der Waals surface area contributed by atoms with Crippen molar-refractivity contribution in [2.24, 2.45) is 29.6 Å². The van der Waals surface area contributed by atoms with E-state index in [1.54, 1.807) is 0 Å². The van der Waals surface area contributed by atoms with Gasteiger partial charge in [0.1, 0.15) is 0 Å². The molecule has 0 aromatic heterocycles. The van der Waals surface area contributed by atoms with Gasteiger partial charge in [0.25, 0.3) is 0 Å². The zero-order valence-corrected chi connectivity index (χ0v) is 26.8. The molecular formula is C34H52N4O6. The van der Waals surface area contributed by atoms with E-state index in [0.29, 0.717) is 24.7 Å².